The molecule has 4 nitrogen and oxygen atoms in total. The highest BCUT2D eigenvalue weighted by molar-refractivity contribution is 7.98. The largest absolute Gasteiger partial charge is 0.281 e. The number of nitrogens with one attached hydrogen (secondary N) is 1. The van der Waals surface area contributed by atoms with Crippen LogP contribution >= 0.6 is 0 Å². The van der Waals surface area contributed by atoms with Gasteiger partial charge in [0.2, 0.25) is 0 Å². The van der Waals surface area contributed by atoms with Crippen LogP contribution < -0.4 is 4.72 Å². The molecule has 0 fully saturated rings. The molecule has 0 aliphatic heterocycles. The van der Waals surface area contributed by atoms with E-state index in [0.29, 0.717) is 5.69 Å². The highest BCUT2D eigenvalue weighted by Crippen LogP contribution is 2.14. The van der Waals surface area contributed by atoms with Gasteiger partial charge in [-0.3, -0.25) is 9.52 Å². The van der Waals surface area contributed by atoms with Gasteiger partial charge in [0, 0.05) is 21.7 Å². The van der Waals surface area contributed by atoms with E-state index in [-0.39, 0.29) is 5.92 Å². The van der Waals surface area contributed by atoms with Crippen molar-refractivity contribution < 1.29 is 9.00 Å². The van der Waals surface area contributed by atoms with E-state index in [9.17, 15) is 9.00 Å². The Morgan fingerprint density at radius 2 is 1.89 bits per heavy atom. The highest BCUT2D eigenvalue weighted by Gasteiger charge is 2.14. The molecule has 1 heterocycles. The van der Waals surface area contributed by atoms with Crippen molar-refractivity contribution in [1.82, 2.24) is 9.71 Å². The Balaban J connectivity index is 0.00000154. The number of pyridine rings is 1. The molecule has 1 rings (SSSR count). The molecular weight excluding hydrogens is 260 g/mol. The number of carbonyl (C=O) groups is 1. The Hall–Kier alpha value is -1.36. The lowest BCUT2D eigenvalue weighted by Crippen LogP contribution is -2.30. The first-order chi connectivity index (χ1) is 8.70. The van der Waals surface area contributed by atoms with Gasteiger partial charge >= 0.3 is 0 Å². The SMILES string of the molecule is C=S(C)(=O)NC(=O)c1nc(C(C)C)ccc1C.CC. The summed E-state index contributed by atoms with van der Waals surface area (Å²) < 4.78 is 13.8. The van der Waals surface area contributed by atoms with Crippen molar-refractivity contribution in [2.24, 2.45) is 0 Å². The van der Waals surface area contributed by atoms with Gasteiger partial charge in [0.05, 0.1) is 0 Å². The van der Waals surface area contributed by atoms with Gasteiger partial charge in [-0.1, -0.05) is 33.8 Å². The second kappa shape index (κ2) is 7.28. The molecule has 1 atom stereocenters. The number of carbonyl (C=O) groups excluding carboxylic acids is 1. The van der Waals surface area contributed by atoms with Gasteiger partial charge in [0.1, 0.15) is 5.69 Å². The molecule has 0 saturated heterocycles. The molecule has 0 aliphatic rings. The van der Waals surface area contributed by atoms with Crippen molar-refractivity contribution in [2.45, 2.75) is 40.5 Å². The van der Waals surface area contributed by atoms with Gasteiger partial charge in [-0.25, -0.2) is 9.19 Å². The van der Waals surface area contributed by atoms with Crippen molar-refractivity contribution in [1.29, 1.82) is 0 Å². The number of aryl methyl sites for hydroxylation is 1. The van der Waals surface area contributed by atoms with Gasteiger partial charge in [0.15, 0.2) is 0 Å². The van der Waals surface area contributed by atoms with Gasteiger partial charge < -0.3 is 0 Å². The lowest BCUT2D eigenvalue weighted by atomic mass is 10.1. The Morgan fingerprint density at radius 3 is 2.32 bits per heavy atom. The summed E-state index contributed by atoms with van der Waals surface area (Å²) >= 11 is 0. The molecule has 0 aromatic carbocycles. The third-order valence-corrected chi connectivity index (χ3v) is 2.85. The fourth-order valence-corrected chi connectivity index (χ4v) is 1.83. The van der Waals surface area contributed by atoms with E-state index in [1.807, 2.05) is 39.8 Å². The fourth-order valence-electron chi connectivity index (χ4n) is 1.34. The van der Waals surface area contributed by atoms with Crippen LogP contribution in [0.2, 0.25) is 0 Å². The van der Waals surface area contributed by atoms with Gasteiger partial charge in [0.25, 0.3) is 5.91 Å². The van der Waals surface area contributed by atoms with Gasteiger partial charge in [-0.05, 0) is 30.3 Å². The Labute approximate surface area is 116 Å². The van der Waals surface area contributed by atoms with E-state index in [4.69, 9.17) is 0 Å². The number of hydrogen-bond donors (Lipinski definition) is 1. The molecule has 5 heteroatoms. The Kier molecular flexibility index (Phi) is 6.76. The minimum Gasteiger partial charge on any atom is -0.278 e. The maximum Gasteiger partial charge on any atom is 0.281 e. The Morgan fingerprint density at radius 1 is 1.37 bits per heavy atom. The molecule has 0 radical (unpaired) electrons. The second-order valence-corrected chi connectivity index (χ2v) is 6.71. The van der Waals surface area contributed by atoms with Crippen LogP contribution in [-0.4, -0.2) is 27.2 Å². The summed E-state index contributed by atoms with van der Waals surface area (Å²) in [4.78, 5) is 16.2. The van der Waals surface area contributed by atoms with Crippen molar-refractivity contribution in [3.05, 3.63) is 29.1 Å². The summed E-state index contributed by atoms with van der Waals surface area (Å²) in [5.41, 5.74) is 1.91. The zero-order valence-electron chi connectivity index (χ0n) is 12.6. The van der Waals surface area contributed by atoms with Crippen LogP contribution in [0.25, 0.3) is 0 Å². The Bertz CT molecular complexity index is 534. The molecule has 0 saturated carbocycles. The number of rotatable bonds is 3. The molecule has 1 aromatic rings. The second-order valence-electron chi connectivity index (χ2n) is 4.49. The lowest BCUT2D eigenvalue weighted by Gasteiger charge is -2.11. The summed E-state index contributed by atoms with van der Waals surface area (Å²) in [7, 11) is -2.56. The summed E-state index contributed by atoms with van der Waals surface area (Å²) in [6.45, 7) is 9.81. The molecule has 19 heavy (non-hydrogen) atoms. The minimum atomic E-state index is -2.56. The standard InChI is InChI=1S/C12H18N2O2S.C2H6/c1-8(2)10-7-6-9(3)11(13-10)12(15)14-17(4,5)16;1-2/h6-8H,4H2,1-3,5H3,(H,14,15,16);1-2H3. The van der Waals surface area contributed by atoms with Crippen LogP contribution in [-0.2, 0) is 9.71 Å². The fraction of sp³-hybridized carbons (Fsp3) is 0.500. The maximum absolute atomic E-state index is 11.9. The maximum atomic E-state index is 11.9. The number of amides is 1. The van der Waals surface area contributed by atoms with E-state index >= 15 is 0 Å². The summed E-state index contributed by atoms with van der Waals surface area (Å²) in [5, 5.41) is 0. The number of nitrogens with zero attached hydrogens (tertiary/aromatic N) is 1. The molecule has 1 unspecified atom stereocenters. The third-order valence-electron chi connectivity index (χ3n) is 2.23. The van der Waals surface area contributed by atoms with Crippen molar-refractivity contribution in [3.63, 3.8) is 0 Å². The zero-order valence-corrected chi connectivity index (χ0v) is 13.4. The van der Waals surface area contributed by atoms with E-state index in [0.717, 1.165) is 11.3 Å². The quantitative estimate of drug-likeness (QED) is 0.868. The van der Waals surface area contributed by atoms with Crippen molar-refractivity contribution in [3.8, 4) is 0 Å². The van der Waals surface area contributed by atoms with Crippen LogP contribution in [0.4, 0.5) is 0 Å². The van der Waals surface area contributed by atoms with Gasteiger partial charge in [-0.2, -0.15) is 0 Å². The van der Waals surface area contributed by atoms with E-state index < -0.39 is 15.6 Å². The van der Waals surface area contributed by atoms with Gasteiger partial charge in [-0.15, -0.1) is 0 Å². The molecule has 1 N–H and O–H groups in total. The number of hydrogen-bond acceptors (Lipinski definition) is 3. The summed E-state index contributed by atoms with van der Waals surface area (Å²) in [6, 6.07) is 3.74. The first kappa shape index (κ1) is 17.6. The first-order valence-corrected chi connectivity index (χ1v) is 8.46. The van der Waals surface area contributed by atoms with Crippen LogP contribution in [0.1, 0.15) is 55.4 Å². The molecule has 1 amide bonds. The van der Waals surface area contributed by atoms with E-state index in [1.54, 1.807) is 6.92 Å². The zero-order chi connectivity index (χ0) is 15.2. The van der Waals surface area contributed by atoms with E-state index in [1.165, 1.54) is 6.26 Å². The molecule has 0 aliphatic carbocycles. The molecule has 0 spiro atoms. The van der Waals surface area contributed by atoms with Crippen LogP contribution in [0.3, 0.4) is 0 Å². The van der Waals surface area contributed by atoms with Crippen molar-refractivity contribution in [2.75, 3.05) is 6.26 Å². The average molecular weight is 284 g/mol. The first-order valence-electron chi connectivity index (χ1n) is 6.32. The monoisotopic (exact) mass is 284 g/mol. The van der Waals surface area contributed by atoms with Crippen LogP contribution in [0.15, 0.2) is 12.1 Å². The normalized spacial score (nSPS) is 13.2. The van der Waals surface area contributed by atoms with Crippen LogP contribution in [0.5, 0.6) is 0 Å². The third kappa shape index (κ3) is 5.87. The average Bonchev–Trinajstić information content (AvgIpc) is 2.29. The molecule has 0 bridgehead atoms. The molecular formula is C14H24N2O2S. The van der Waals surface area contributed by atoms with E-state index in [2.05, 4.69) is 15.6 Å². The summed E-state index contributed by atoms with van der Waals surface area (Å²) in [6.07, 6.45) is 1.38. The predicted molar refractivity (Wildman–Crippen MR) is 83.1 cm³/mol. The number of aromatic nitrogens is 1. The highest BCUT2D eigenvalue weighted by atomic mass is 32.2. The molecule has 108 valence electrons. The lowest BCUT2D eigenvalue weighted by molar-refractivity contribution is 0.0977. The summed E-state index contributed by atoms with van der Waals surface area (Å²) in [5.74, 6) is 3.20. The minimum absolute atomic E-state index is 0.243. The smallest absolute Gasteiger partial charge is 0.278 e. The van der Waals surface area contributed by atoms with Crippen molar-refractivity contribution >= 4 is 21.5 Å². The predicted octanol–water partition coefficient (Wildman–Crippen LogP) is 2.53. The van der Waals surface area contributed by atoms with Crippen LogP contribution in [0, 0.1) is 6.92 Å². The molecule has 1 aromatic heterocycles. The topological polar surface area (TPSA) is 59.1 Å².